The molecule has 0 aliphatic carbocycles. The first-order chi connectivity index (χ1) is 6.81. The van der Waals surface area contributed by atoms with Crippen LogP contribution in [0.2, 0.25) is 0 Å². The van der Waals surface area contributed by atoms with Gasteiger partial charge < -0.3 is 9.97 Å². The molecule has 0 spiro atoms. The van der Waals surface area contributed by atoms with Crippen molar-refractivity contribution in [2.24, 2.45) is 0 Å². The molecule has 2 aromatic heterocycles. The van der Waals surface area contributed by atoms with Crippen LogP contribution in [0.4, 0.5) is 0 Å². The van der Waals surface area contributed by atoms with Gasteiger partial charge in [0.1, 0.15) is 11.6 Å². The Hall–Kier alpha value is -2.35. The van der Waals surface area contributed by atoms with Gasteiger partial charge in [-0.25, -0.2) is 4.98 Å². The molecule has 0 saturated heterocycles. The third-order valence-electron chi connectivity index (χ3n) is 1.77. The van der Waals surface area contributed by atoms with Gasteiger partial charge in [-0.2, -0.15) is 5.26 Å². The van der Waals surface area contributed by atoms with E-state index in [1.807, 2.05) is 0 Å². The molecule has 0 saturated carbocycles. The SMILES string of the molecule is N#Cc1cnc(-c2ccc[nH]2)[nH]c1=O. The van der Waals surface area contributed by atoms with Crippen molar-refractivity contribution >= 4 is 0 Å². The van der Waals surface area contributed by atoms with E-state index in [2.05, 4.69) is 15.0 Å². The second-order valence-corrected chi connectivity index (χ2v) is 2.67. The molecule has 2 heterocycles. The lowest BCUT2D eigenvalue weighted by molar-refractivity contribution is 1.10. The largest absolute Gasteiger partial charge is 0.359 e. The van der Waals surface area contributed by atoms with Gasteiger partial charge in [-0.05, 0) is 12.1 Å². The second-order valence-electron chi connectivity index (χ2n) is 2.67. The lowest BCUT2D eigenvalue weighted by atomic mass is 10.3. The molecule has 0 amide bonds. The number of hydrogen-bond donors (Lipinski definition) is 2. The lowest BCUT2D eigenvalue weighted by Gasteiger charge is -1.95. The Morgan fingerprint density at radius 3 is 2.93 bits per heavy atom. The molecule has 2 N–H and O–H groups in total. The summed E-state index contributed by atoms with van der Waals surface area (Å²) in [6.07, 6.45) is 2.99. The van der Waals surface area contributed by atoms with E-state index in [0.29, 0.717) is 11.5 Å². The summed E-state index contributed by atoms with van der Waals surface area (Å²) in [6.45, 7) is 0. The number of hydrogen-bond acceptors (Lipinski definition) is 3. The van der Waals surface area contributed by atoms with Crippen LogP contribution < -0.4 is 5.56 Å². The van der Waals surface area contributed by atoms with Crippen molar-refractivity contribution in [3.8, 4) is 17.6 Å². The quantitative estimate of drug-likeness (QED) is 0.685. The van der Waals surface area contributed by atoms with E-state index in [1.165, 1.54) is 6.20 Å². The number of nitriles is 1. The Balaban J connectivity index is 2.55. The molecule has 0 unspecified atom stereocenters. The van der Waals surface area contributed by atoms with Crippen LogP contribution in [0.15, 0.2) is 29.3 Å². The Bertz CT molecular complexity index is 533. The minimum atomic E-state index is -0.424. The fraction of sp³-hybridized carbons (Fsp3) is 0. The molecule has 0 fully saturated rings. The van der Waals surface area contributed by atoms with E-state index in [9.17, 15) is 4.79 Å². The Kier molecular flexibility index (Phi) is 1.88. The van der Waals surface area contributed by atoms with Gasteiger partial charge in [0.2, 0.25) is 0 Å². The molecule has 2 aromatic rings. The Labute approximate surface area is 79.1 Å². The Morgan fingerprint density at radius 1 is 1.50 bits per heavy atom. The van der Waals surface area contributed by atoms with E-state index < -0.39 is 5.56 Å². The third-order valence-corrected chi connectivity index (χ3v) is 1.77. The van der Waals surface area contributed by atoms with E-state index in [-0.39, 0.29) is 5.56 Å². The highest BCUT2D eigenvalue weighted by Crippen LogP contribution is 2.08. The van der Waals surface area contributed by atoms with Crippen LogP contribution in [-0.2, 0) is 0 Å². The van der Waals surface area contributed by atoms with Crippen molar-refractivity contribution in [1.29, 1.82) is 5.26 Å². The van der Waals surface area contributed by atoms with Crippen LogP contribution in [0.1, 0.15) is 5.56 Å². The fourth-order valence-electron chi connectivity index (χ4n) is 1.09. The van der Waals surface area contributed by atoms with Crippen LogP contribution in [0.3, 0.4) is 0 Å². The van der Waals surface area contributed by atoms with Crippen molar-refractivity contribution in [1.82, 2.24) is 15.0 Å². The van der Waals surface area contributed by atoms with Crippen LogP contribution in [0.5, 0.6) is 0 Å². The van der Waals surface area contributed by atoms with Gasteiger partial charge in [0, 0.05) is 6.20 Å². The van der Waals surface area contributed by atoms with Crippen molar-refractivity contribution < 1.29 is 0 Å². The molecule has 14 heavy (non-hydrogen) atoms. The summed E-state index contributed by atoms with van der Waals surface area (Å²) in [4.78, 5) is 20.6. The molecule has 68 valence electrons. The van der Waals surface area contributed by atoms with Crippen LogP contribution in [-0.4, -0.2) is 15.0 Å². The van der Waals surface area contributed by atoms with E-state index in [0.717, 1.165) is 0 Å². The number of nitrogens with one attached hydrogen (secondary N) is 2. The maximum absolute atomic E-state index is 11.2. The summed E-state index contributed by atoms with van der Waals surface area (Å²) in [7, 11) is 0. The van der Waals surface area contributed by atoms with E-state index in [1.54, 1.807) is 24.4 Å². The topological polar surface area (TPSA) is 85.3 Å². The maximum atomic E-state index is 11.2. The molecule has 0 radical (unpaired) electrons. The second kappa shape index (κ2) is 3.18. The van der Waals surface area contributed by atoms with Crippen molar-refractivity contribution in [3.05, 3.63) is 40.4 Å². The minimum absolute atomic E-state index is 0.0142. The maximum Gasteiger partial charge on any atom is 0.269 e. The predicted octanol–water partition coefficient (Wildman–Crippen LogP) is 0.637. The number of aromatic nitrogens is 3. The molecule has 5 heteroatoms. The Morgan fingerprint density at radius 2 is 2.36 bits per heavy atom. The zero-order valence-corrected chi connectivity index (χ0v) is 7.11. The first-order valence-electron chi connectivity index (χ1n) is 3.94. The van der Waals surface area contributed by atoms with Gasteiger partial charge in [-0.15, -0.1) is 0 Å². The first kappa shape index (κ1) is 8.26. The zero-order chi connectivity index (χ0) is 9.97. The third kappa shape index (κ3) is 1.29. The lowest BCUT2D eigenvalue weighted by Crippen LogP contribution is -2.12. The average molecular weight is 186 g/mol. The summed E-state index contributed by atoms with van der Waals surface area (Å²) in [5, 5.41) is 8.52. The van der Waals surface area contributed by atoms with Gasteiger partial charge in [0.25, 0.3) is 5.56 Å². The van der Waals surface area contributed by atoms with Crippen molar-refractivity contribution in [2.75, 3.05) is 0 Å². The minimum Gasteiger partial charge on any atom is -0.359 e. The number of aromatic amines is 2. The van der Waals surface area contributed by atoms with Gasteiger partial charge in [0.15, 0.2) is 5.82 Å². The summed E-state index contributed by atoms with van der Waals surface area (Å²) in [5.74, 6) is 0.430. The predicted molar refractivity (Wildman–Crippen MR) is 49.4 cm³/mol. The van der Waals surface area contributed by atoms with Gasteiger partial charge in [0.05, 0.1) is 11.9 Å². The highest BCUT2D eigenvalue weighted by atomic mass is 16.1. The molecule has 2 rings (SSSR count). The normalized spacial score (nSPS) is 9.64. The standard InChI is InChI=1S/C9H6N4O/c10-4-6-5-12-8(13-9(6)14)7-2-1-3-11-7/h1-3,5,11H,(H,12,13,14). The number of rotatable bonds is 1. The smallest absolute Gasteiger partial charge is 0.269 e. The molecular weight excluding hydrogens is 180 g/mol. The van der Waals surface area contributed by atoms with Crippen molar-refractivity contribution in [3.63, 3.8) is 0 Å². The van der Waals surface area contributed by atoms with Crippen LogP contribution in [0.25, 0.3) is 11.5 Å². The van der Waals surface area contributed by atoms with E-state index >= 15 is 0 Å². The van der Waals surface area contributed by atoms with Gasteiger partial charge in [-0.3, -0.25) is 4.79 Å². The fourth-order valence-corrected chi connectivity index (χ4v) is 1.09. The van der Waals surface area contributed by atoms with Gasteiger partial charge >= 0.3 is 0 Å². The summed E-state index contributed by atoms with van der Waals surface area (Å²) in [6, 6.07) is 5.33. The molecular formula is C9H6N4O. The first-order valence-corrected chi connectivity index (χ1v) is 3.94. The molecule has 0 aliphatic rings. The van der Waals surface area contributed by atoms with Crippen LogP contribution in [0, 0.1) is 11.3 Å². The highest BCUT2D eigenvalue weighted by Gasteiger charge is 2.03. The monoisotopic (exact) mass is 186 g/mol. The number of nitrogens with zero attached hydrogens (tertiary/aromatic N) is 2. The molecule has 0 aliphatic heterocycles. The zero-order valence-electron chi connectivity index (χ0n) is 7.11. The molecule has 0 atom stereocenters. The summed E-state index contributed by atoms with van der Waals surface area (Å²) >= 11 is 0. The van der Waals surface area contributed by atoms with Gasteiger partial charge in [-0.1, -0.05) is 0 Å². The van der Waals surface area contributed by atoms with Crippen LogP contribution >= 0.6 is 0 Å². The summed E-state index contributed by atoms with van der Waals surface area (Å²) in [5.41, 5.74) is 0.305. The van der Waals surface area contributed by atoms with Crippen molar-refractivity contribution in [2.45, 2.75) is 0 Å². The average Bonchev–Trinajstić information content (AvgIpc) is 2.70. The molecule has 0 aromatic carbocycles. The molecule has 0 bridgehead atoms. The number of H-pyrrole nitrogens is 2. The summed E-state index contributed by atoms with van der Waals surface area (Å²) < 4.78 is 0. The van der Waals surface area contributed by atoms with E-state index in [4.69, 9.17) is 5.26 Å². The highest BCUT2D eigenvalue weighted by molar-refractivity contribution is 5.48. The molecule has 5 nitrogen and oxygen atoms in total.